The van der Waals surface area contributed by atoms with Crippen LogP contribution in [0.3, 0.4) is 0 Å². The Morgan fingerprint density at radius 2 is 1.96 bits per heavy atom. The van der Waals surface area contributed by atoms with E-state index in [1.165, 1.54) is 17.6 Å². The molecule has 0 aliphatic rings. The van der Waals surface area contributed by atoms with Crippen molar-refractivity contribution in [2.75, 3.05) is 5.73 Å². The van der Waals surface area contributed by atoms with Crippen LogP contribution in [-0.2, 0) is 0 Å². The Labute approximate surface area is 135 Å². The van der Waals surface area contributed by atoms with Gasteiger partial charge in [-0.2, -0.15) is 9.61 Å². The SMILES string of the molecule is Cc1cc(N)n2ncc(C(=O)NC(C)c3c(F)cncc3F)c2n1. The molecule has 3 aromatic heterocycles. The summed E-state index contributed by atoms with van der Waals surface area (Å²) < 4.78 is 28.8. The normalized spacial score (nSPS) is 12.3. The van der Waals surface area contributed by atoms with Crippen LogP contribution in [-0.4, -0.2) is 25.5 Å². The van der Waals surface area contributed by atoms with Gasteiger partial charge in [0.2, 0.25) is 0 Å². The van der Waals surface area contributed by atoms with Gasteiger partial charge in [0.15, 0.2) is 5.65 Å². The summed E-state index contributed by atoms with van der Waals surface area (Å²) in [6.45, 7) is 3.20. The van der Waals surface area contributed by atoms with Gasteiger partial charge in [-0.25, -0.2) is 13.8 Å². The molecule has 1 unspecified atom stereocenters. The number of nitrogens with zero attached hydrogens (tertiary/aromatic N) is 4. The molecule has 0 spiro atoms. The van der Waals surface area contributed by atoms with Crippen LogP contribution in [0.2, 0.25) is 0 Å². The fourth-order valence-electron chi connectivity index (χ4n) is 2.45. The van der Waals surface area contributed by atoms with Crippen molar-refractivity contribution in [2.45, 2.75) is 19.9 Å². The minimum absolute atomic E-state index is 0.159. The summed E-state index contributed by atoms with van der Waals surface area (Å²) in [5, 5.41) is 6.54. The molecule has 7 nitrogen and oxygen atoms in total. The summed E-state index contributed by atoms with van der Waals surface area (Å²) >= 11 is 0. The fourth-order valence-corrected chi connectivity index (χ4v) is 2.45. The second-order valence-corrected chi connectivity index (χ2v) is 5.33. The lowest BCUT2D eigenvalue weighted by Crippen LogP contribution is -2.28. The number of nitrogen functional groups attached to an aromatic ring is 1. The molecule has 0 bridgehead atoms. The number of nitrogens with one attached hydrogen (secondary N) is 1. The Balaban J connectivity index is 1.93. The first-order valence-corrected chi connectivity index (χ1v) is 7.09. The van der Waals surface area contributed by atoms with E-state index in [-0.39, 0.29) is 16.8 Å². The number of hydrogen-bond acceptors (Lipinski definition) is 5. The Kier molecular flexibility index (Phi) is 3.84. The summed E-state index contributed by atoms with van der Waals surface area (Å²) in [4.78, 5) is 20.1. The van der Waals surface area contributed by atoms with Crippen molar-refractivity contribution in [1.29, 1.82) is 0 Å². The van der Waals surface area contributed by atoms with E-state index in [1.54, 1.807) is 13.0 Å². The van der Waals surface area contributed by atoms with E-state index in [0.717, 1.165) is 12.4 Å². The molecule has 3 heterocycles. The number of carbonyl (C=O) groups excluding carboxylic acids is 1. The Morgan fingerprint density at radius 3 is 2.62 bits per heavy atom. The molecule has 24 heavy (non-hydrogen) atoms. The van der Waals surface area contributed by atoms with E-state index in [4.69, 9.17) is 5.73 Å². The average molecular weight is 332 g/mol. The van der Waals surface area contributed by atoms with Crippen LogP contribution in [0, 0.1) is 18.6 Å². The number of nitrogens with two attached hydrogens (primary N) is 1. The van der Waals surface area contributed by atoms with Crippen LogP contribution < -0.4 is 11.1 Å². The first kappa shape index (κ1) is 15.8. The van der Waals surface area contributed by atoms with Gasteiger partial charge in [0.05, 0.1) is 24.6 Å². The molecule has 3 N–H and O–H groups in total. The van der Waals surface area contributed by atoms with Crippen molar-refractivity contribution < 1.29 is 13.6 Å². The second kappa shape index (κ2) is 5.84. The molecule has 1 atom stereocenters. The van der Waals surface area contributed by atoms with Crippen molar-refractivity contribution in [2.24, 2.45) is 0 Å². The van der Waals surface area contributed by atoms with Crippen LogP contribution in [0.5, 0.6) is 0 Å². The Hall–Kier alpha value is -3.10. The van der Waals surface area contributed by atoms with Gasteiger partial charge < -0.3 is 11.1 Å². The lowest BCUT2D eigenvalue weighted by Gasteiger charge is -2.15. The third-order valence-corrected chi connectivity index (χ3v) is 3.54. The first-order chi connectivity index (χ1) is 11.4. The number of pyridine rings is 1. The van der Waals surface area contributed by atoms with E-state index >= 15 is 0 Å². The molecule has 0 saturated heterocycles. The predicted molar refractivity (Wildman–Crippen MR) is 82.2 cm³/mol. The number of anilines is 1. The molecule has 3 rings (SSSR count). The summed E-state index contributed by atoms with van der Waals surface area (Å²) in [5.41, 5.74) is 6.61. The van der Waals surface area contributed by atoms with E-state index in [9.17, 15) is 13.6 Å². The summed E-state index contributed by atoms with van der Waals surface area (Å²) in [6.07, 6.45) is 3.09. The van der Waals surface area contributed by atoms with Crippen molar-refractivity contribution in [3.8, 4) is 0 Å². The number of fused-ring (bicyclic) bond motifs is 1. The lowest BCUT2D eigenvalue weighted by atomic mass is 10.1. The second-order valence-electron chi connectivity index (χ2n) is 5.33. The maximum Gasteiger partial charge on any atom is 0.257 e. The number of halogens is 2. The summed E-state index contributed by atoms with van der Waals surface area (Å²) in [7, 11) is 0. The smallest absolute Gasteiger partial charge is 0.257 e. The van der Waals surface area contributed by atoms with Gasteiger partial charge >= 0.3 is 0 Å². The molecule has 0 saturated carbocycles. The lowest BCUT2D eigenvalue weighted by molar-refractivity contribution is 0.0940. The molecular weight excluding hydrogens is 318 g/mol. The predicted octanol–water partition coefficient (Wildman–Crippen LogP) is 1.78. The van der Waals surface area contributed by atoms with Gasteiger partial charge in [0.1, 0.15) is 23.0 Å². The average Bonchev–Trinajstić information content (AvgIpc) is 2.91. The molecule has 3 aromatic rings. The quantitative estimate of drug-likeness (QED) is 0.762. The molecule has 0 fully saturated rings. The van der Waals surface area contributed by atoms with Gasteiger partial charge in [-0.15, -0.1) is 0 Å². The molecule has 124 valence electrons. The van der Waals surface area contributed by atoms with Crippen molar-refractivity contribution in [1.82, 2.24) is 24.9 Å². The first-order valence-electron chi connectivity index (χ1n) is 7.09. The zero-order valence-corrected chi connectivity index (χ0v) is 12.9. The van der Waals surface area contributed by atoms with Crippen molar-refractivity contribution in [3.63, 3.8) is 0 Å². The molecule has 0 aliphatic carbocycles. The van der Waals surface area contributed by atoms with E-state index < -0.39 is 23.6 Å². The van der Waals surface area contributed by atoms with Gasteiger partial charge in [-0.1, -0.05) is 0 Å². The molecule has 0 radical (unpaired) electrons. The third kappa shape index (κ3) is 2.64. The van der Waals surface area contributed by atoms with Gasteiger partial charge in [0, 0.05) is 17.3 Å². The number of amides is 1. The fraction of sp³-hybridized carbons (Fsp3) is 0.200. The van der Waals surface area contributed by atoms with Gasteiger partial charge in [-0.3, -0.25) is 9.78 Å². The Bertz CT molecular complexity index is 919. The van der Waals surface area contributed by atoms with Gasteiger partial charge in [0.25, 0.3) is 5.91 Å². The highest BCUT2D eigenvalue weighted by atomic mass is 19.1. The van der Waals surface area contributed by atoms with E-state index in [2.05, 4.69) is 20.4 Å². The van der Waals surface area contributed by atoms with Crippen LogP contribution >= 0.6 is 0 Å². The number of rotatable bonds is 3. The molecule has 9 heteroatoms. The minimum Gasteiger partial charge on any atom is -0.384 e. The standard InChI is InChI=1S/C15H14F2N6O/c1-7-3-12(18)23-14(21-7)9(4-20-23)15(24)22-8(2)13-10(16)5-19-6-11(13)17/h3-6,8H,18H2,1-2H3,(H,22,24). The summed E-state index contributed by atoms with van der Waals surface area (Å²) in [5.74, 6) is -1.90. The van der Waals surface area contributed by atoms with Gasteiger partial charge in [-0.05, 0) is 13.8 Å². The molecule has 0 aromatic carbocycles. The number of aromatic nitrogens is 4. The maximum atomic E-state index is 13.8. The maximum absolute atomic E-state index is 13.8. The highest BCUT2D eigenvalue weighted by molar-refractivity contribution is 6.00. The zero-order valence-electron chi connectivity index (χ0n) is 12.9. The monoisotopic (exact) mass is 332 g/mol. The number of aryl methyl sites for hydroxylation is 1. The molecule has 1 amide bonds. The number of hydrogen-bond donors (Lipinski definition) is 2. The Morgan fingerprint density at radius 1 is 1.29 bits per heavy atom. The number of carbonyl (C=O) groups is 1. The third-order valence-electron chi connectivity index (χ3n) is 3.54. The molecule has 0 aliphatic heterocycles. The summed E-state index contributed by atoms with van der Waals surface area (Å²) in [6, 6.07) is 0.712. The molecular formula is C15H14F2N6O. The van der Waals surface area contributed by atoms with Crippen LogP contribution in [0.15, 0.2) is 24.7 Å². The van der Waals surface area contributed by atoms with Crippen LogP contribution in [0.4, 0.5) is 14.6 Å². The van der Waals surface area contributed by atoms with Crippen molar-refractivity contribution >= 4 is 17.4 Å². The van der Waals surface area contributed by atoms with Crippen LogP contribution in [0.25, 0.3) is 5.65 Å². The van der Waals surface area contributed by atoms with Crippen LogP contribution in [0.1, 0.15) is 34.6 Å². The highest BCUT2D eigenvalue weighted by Crippen LogP contribution is 2.20. The van der Waals surface area contributed by atoms with Crippen molar-refractivity contribution in [3.05, 3.63) is 53.1 Å². The minimum atomic E-state index is -0.905. The largest absolute Gasteiger partial charge is 0.384 e. The van der Waals surface area contributed by atoms with E-state index in [0.29, 0.717) is 11.5 Å². The topological polar surface area (TPSA) is 98.2 Å². The highest BCUT2D eigenvalue weighted by Gasteiger charge is 2.22. The van der Waals surface area contributed by atoms with E-state index in [1.807, 2.05) is 0 Å². The zero-order chi connectivity index (χ0) is 17.4.